The van der Waals surface area contributed by atoms with E-state index in [0.717, 1.165) is 24.0 Å². The summed E-state index contributed by atoms with van der Waals surface area (Å²) >= 11 is 0. The molecule has 0 bridgehead atoms. The van der Waals surface area contributed by atoms with Crippen molar-refractivity contribution >= 4 is 11.9 Å². The Morgan fingerprint density at radius 2 is 1.71 bits per heavy atom. The molecule has 0 spiro atoms. The minimum Gasteiger partial charge on any atom is -0.455 e. The molecule has 1 aliphatic rings. The van der Waals surface area contributed by atoms with Crippen LogP contribution in [-0.2, 0) is 19.7 Å². The first-order valence-corrected chi connectivity index (χ1v) is 9.76. The number of nitrogens with one attached hydrogen (secondary N) is 1. The van der Waals surface area contributed by atoms with Crippen molar-refractivity contribution in [2.45, 2.75) is 43.9 Å². The van der Waals surface area contributed by atoms with Gasteiger partial charge in [0.1, 0.15) is 5.82 Å². The van der Waals surface area contributed by atoms with Gasteiger partial charge in [0.25, 0.3) is 5.91 Å². The van der Waals surface area contributed by atoms with E-state index in [1.165, 1.54) is 12.1 Å². The molecule has 4 nitrogen and oxygen atoms in total. The Kier molecular flexibility index (Phi) is 6.45. The third kappa shape index (κ3) is 4.58. The van der Waals surface area contributed by atoms with E-state index >= 15 is 0 Å². The van der Waals surface area contributed by atoms with Crippen LogP contribution in [0, 0.1) is 5.82 Å². The number of benzene rings is 2. The maximum Gasteiger partial charge on any atom is 0.317 e. The van der Waals surface area contributed by atoms with Crippen LogP contribution >= 0.6 is 0 Å². The summed E-state index contributed by atoms with van der Waals surface area (Å²) in [4.78, 5) is 25.0. The van der Waals surface area contributed by atoms with Crippen LogP contribution in [0.25, 0.3) is 0 Å². The van der Waals surface area contributed by atoms with Gasteiger partial charge in [0.05, 0.1) is 5.41 Å². The molecule has 1 atom stereocenters. The molecule has 0 aromatic heterocycles. The average molecular weight is 383 g/mol. The summed E-state index contributed by atoms with van der Waals surface area (Å²) in [7, 11) is 0. The SMILES string of the molecule is C[C@@H](CNC(=O)COC(=O)C1(c2ccc(F)cc2)CCCC1)c1ccccc1. The first kappa shape index (κ1) is 20.1. The van der Waals surface area contributed by atoms with Crippen LogP contribution < -0.4 is 5.32 Å². The van der Waals surface area contributed by atoms with Crippen molar-refractivity contribution in [3.05, 3.63) is 71.5 Å². The van der Waals surface area contributed by atoms with Gasteiger partial charge >= 0.3 is 5.97 Å². The van der Waals surface area contributed by atoms with Crippen molar-refractivity contribution in [3.8, 4) is 0 Å². The Morgan fingerprint density at radius 3 is 2.36 bits per heavy atom. The van der Waals surface area contributed by atoms with Crippen LogP contribution in [0.5, 0.6) is 0 Å². The number of carbonyl (C=O) groups is 2. The van der Waals surface area contributed by atoms with Crippen LogP contribution in [0.1, 0.15) is 49.7 Å². The summed E-state index contributed by atoms with van der Waals surface area (Å²) in [6, 6.07) is 15.9. The van der Waals surface area contributed by atoms with Gasteiger partial charge in [0.2, 0.25) is 0 Å². The largest absolute Gasteiger partial charge is 0.455 e. The molecule has 5 heteroatoms. The topological polar surface area (TPSA) is 55.4 Å². The molecule has 2 aromatic carbocycles. The Hall–Kier alpha value is -2.69. The summed E-state index contributed by atoms with van der Waals surface area (Å²) in [5, 5.41) is 2.82. The number of hydrogen-bond acceptors (Lipinski definition) is 3. The monoisotopic (exact) mass is 383 g/mol. The van der Waals surface area contributed by atoms with E-state index in [0.29, 0.717) is 19.4 Å². The Morgan fingerprint density at radius 1 is 1.07 bits per heavy atom. The lowest BCUT2D eigenvalue weighted by atomic mass is 9.79. The van der Waals surface area contributed by atoms with E-state index in [1.807, 2.05) is 37.3 Å². The first-order chi connectivity index (χ1) is 13.5. The number of ether oxygens (including phenoxy) is 1. The van der Waals surface area contributed by atoms with Gasteiger partial charge in [0.15, 0.2) is 6.61 Å². The fraction of sp³-hybridized carbons (Fsp3) is 0.391. The third-order valence-corrected chi connectivity index (χ3v) is 5.55. The van der Waals surface area contributed by atoms with Gasteiger partial charge < -0.3 is 10.1 Å². The van der Waals surface area contributed by atoms with Gasteiger partial charge in [-0.15, -0.1) is 0 Å². The van der Waals surface area contributed by atoms with Crippen molar-refractivity contribution in [2.24, 2.45) is 0 Å². The molecule has 0 heterocycles. The zero-order valence-corrected chi connectivity index (χ0v) is 16.1. The zero-order chi connectivity index (χ0) is 20.0. The molecule has 2 aromatic rings. The van der Waals surface area contributed by atoms with Crippen molar-refractivity contribution < 1.29 is 18.7 Å². The number of rotatable bonds is 7. The minimum absolute atomic E-state index is 0.168. The summed E-state index contributed by atoms with van der Waals surface area (Å²) in [6.07, 6.45) is 3.13. The predicted molar refractivity (Wildman–Crippen MR) is 105 cm³/mol. The third-order valence-electron chi connectivity index (χ3n) is 5.55. The normalized spacial score (nSPS) is 16.4. The van der Waals surface area contributed by atoms with Crippen molar-refractivity contribution in [3.63, 3.8) is 0 Å². The van der Waals surface area contributed by atoms with Gasteiger partial charge in [-0.2, -0.15) is 0 Å². The van der Waals surface area contributed by atoms with Crippen molar-refractivity contribution in [2.75, 3.05) is 13.2 Å². The van der Waals surface area contributed by atoms with Crippen LogP contribution in [0.2, 0.25) is 0 Å². The predicted octanol–water partition coefficient (Wildman–Crippen LogP) is 4.10. The Bertz CT molecular complexity index is 798. The smallest absolute Gasteiger partial charge is 0.317 e. The number of carbonyl (C=O) groups excluding carboxylic acids is 2. The van der Waals surface area contributed by atoms with Gasteiger partial charge in [-0.05, 0) is 42.0 Å². The van der Waals surface area contributed by atoms with E-state index in [1.54, 1.807) is 12.1 Å². The quantitative estimate of drug-likeness (QED) is 0.733. The van der Waals surface area contributed by atoms with E-state index in [-0.39, 0.29) is 24.2 Å². The molecule has 1 N–H and O–H groups in total. The highest BCUT2D eigenvalue weighted by atomic mass is 19.1. The zero-order valence-electron chi connectivity index (χ0n) is 16.1. The Labute approximate surface area is 165 Å². The second kappa shape index (κ2) is 9.00. The molecule has 1 amide bonds. The highest BCUT2D eigenvalue weighted by Crippen LogP contribution is 2.42. The molecule has 0 radical (unpaired) electrons. The average Bonchev–Trinajstić information content (AvgIpc) is 3.22. The van der Waals surface area contributed by atoms with Crippen molar-refractivity contribution in [1.82, 2.24) is 5.32 Å². The highest BCUT2D eigenvalue weighted by Gasteiger charge is 2.44. The molecule has 28 heavy (non-hydrogen) atoms. The fourth-order valence-electron chi connectivity index (χ4n) is 3.84. The highest BCUT2D eigenvalue weighted by molar-refractivity contribution is 5.86. The molecular weight excluding hydrogens is 357 g/mol. The molecule has 3 rings (SSSR count). The minimum atomic E-state index is -0.773. The maximum absolute atomic E-state index is 13.3. The van der Waals surface area contributed by atoms with E-state index in [9.17, 15) is 14.0 Å². The van der Waals surface area contributed by atoms with Gasteiger partial charge in [-0.3, -0.25) is 9.59 Å². The molecule has 0 saturated heterocycles. The second-order valence-electron chi connectivity index (χ2n) is 7.49. The maximum atomic E-state index is 13.3. The lowest BCUT2D eigenvalue weighted by Crippen LogP contribution is -2.38. The Balaban J connectivity index is 1.54. The van der Waals surface area contributed by atoms with E-state index < -0.39 is 11.4 Å². The number of esters is 1. The van der Waals surface area contributed by atoms with Gasteiger partial charge in [-0.25, -0.2) is 4.39 Å². The van der Waals surface area contributed by atoms with E-state index in [2.05, 4.69) is 5.32 Å². The molecule has 0 unspecified atom stereocenters. The number of halogens is 1. The van der Waals surface area contributed by atoms with Crippen molar-refractivity contribution in [1.29, 1.82) is 0 Å². The summed E-state index contributed by atoms with van der Waals surface area (Å²) in [6.45, 7) is 2.20. The number of amides is 1. The summed E-state index contributed by atoms with van der Waals surface area (Å²) < 4.78 is 18.6. The molecule has 0 aliphatic heterocycles. The van der Waals surface area contributed by atoms with Gasteiger partial charge in [0, 0.05) is 6.54 Å². The molecule has 1 fully saturated rings. The first-order valence-electron chi connectivity index (χ1n) is 9.76. The number of hydrogen-bond donors (Lipinski definition) is 1. The summed E-state index contributed by atoms with van der Waals surface area (Å²) in [5.74, 6) is -0.885. The molecule has 1 saturated carbocycles. The second-order valence-corrected chi connectivity index (χ2v) is 7.49. The molecular formula is C23H26FNO3. The fourth-order valence-corrected chi connectivity index (χ4v) is 3.84. The molecule has 148 valence electrons. The van der Waals surface area contributed by atoms with Crippen LogP contribution in [0.3, 0.4) is 0 Å². The van der Waals surface area contributed by atoms with Gasteiger partial charge in [-0.1, -0.05) is 62.2 Å². The lowest BCUT2D eigenvalue weighted by molar-refractivity contribution is -0.154. The lowest BCUT2D eigenvalue weighted by Gasteiger charge is -2.27. The van der Waals surface area contributed by atoms with Crippen LogP contribution in [-0.4, -0.2) is 25.0 Å². The molecule has 1 aliphatic carbocycles. The standard InChI is InChI=1S/C23H26FNO3/c1-17(18-7-3-2-4-8-18)15-25-21(26)16-28-22(27)23(13-5-6-14-23)19-9-11-20(24)12-10-19/h2-4,7-12,17H,5-6,13-16H2,1H3,(H,25,26)/t17-/m0/s1. The summed E-state index contributed by atoms with van der Waals surface area (Å²) in [5.41, 5.74) is 1.13. The van der Waals surface area contributed by atoms with Crippen LogP contribution in [0.4, 0.5) is 4.39 Å². The van der Waals surface area contributed by atoms with E-state index in [4.69, 9.17) is 4.74 Å². The van der Waals surface area contributed by atoms with Crippen LogP contribution in [0.15, 0.2) is 54.6 Å².